The Morgan fingerprint density at radius 2 is 1.21 bits per heavy atom. The number of rotatable bonds is 22. The molecule has 0 amide bonds. The number of hydrogen-bond donors (Lipinski definition) is 0. The minimum atomic E-state index is -3.82. The van der Waals surface area contributed by atoms with Crippen LogP contribution in [0, 0.1) is 44.2 Å². The first-order valence-corrected chi connectivity index (χ1v) is 27.6. The highest BCUT2D eigenvalue weighted by atomic mass is 32.2. The zero-order chi connectivity index (χ0) is 63.5. The summed E-state index contributed by atoms with van der Waals surface area (Å²) >= 11 is 0. The molecule has 4 aromatic carbocycles. The van der Waals surface area contributed by atoms with E-state index in [-0.39, 0.29) is 41.1 Å². The number of nitro benzene ring substituents is 1. The van der Waals surface area contributed by atoms with Gasteiger partial charge in [-0.25, -0.2) is 23.4 Å². The number of aromatic nitrogens is 3. The number of nitrogens with zero attached hydrogens (tertiary/aromatic N) is 28. The molecule has 0 spiro atoms. The van der Waals surface area contributed by atoms with Gasteiger partial charge in [0.2, 0.25) is 17.8 Å². The Bertz CT molecular complexity index is 3400. The molecular weight excluding hydrogens is 1160 g/mol. The maximum absolute atomic E-state index is 11.1. The van der Waals surface area contributed by atoms with Crippen molar-refractivity contribution in [2.24, 2.45) is 45.7 Å². The highest BCUT2D eigenvalue weighted by Gasteiger charge is 2.56. The highest BCUT2D eigenvalue weighted by Crippen LogP contribution is 2.29. The van der Waals surface area contributed by atoms with Crippen molar-refractivity contribution in [3.63, 3.8) is 0 Å². The van der Waals surface area contributed by atoms with Gasteiger partial charge < -0.3 is 14.4 Å². The number of ether oxygens (including phenoxy) is 2. The number of hydrogen-bond acceptors (Lipinski definition) is 22. The molecule has 0 saturated carbocycles. The lowest BCUT2D eigenvalue weighted by atomic mass is 10.2. The largest absolute Gasteiger partial charge is 0.486 e. The second kappa shape index (κ2) is 36.6. The fraction of sp³-hybridized carbons (Fsp3) is 0.438. The molecule has 0 radical (unpaired) electrons. The van der Waals surface area contributed by atoms with Crippen molar-refractivity contribution in [3.05, 3.63) is 196 Å². The van der Waals surface area contributed by atoms with Gasteiger partial charge in [0.25, 0.3) is 15.7 Å². The Balaban J connectivity index is 0.000000237. The van der Waals surface area contributed by atoms with Crippen LogP contribution >= 0.6 is 0 Å². The number of benzene rings is 4. The van der Waals surface area contributed by atoms with Crippen LogP contribution in [-0.2, 0) is 26.0 Å². The van der Waals surface area contributed by atoms with Gasteiger partial charge in [-0.1, -0.05) is 69.7 Å². The van der Waals surface area contributed by atoms with E-state index in [1.54, 1.807) is 24.3 Å². The molecule has 1 atom stereocenters. The van der Waals surface area contributed by atoms with Crippen LogP contribution in [0.1, 0.15) is 62.1 Å². The fourth-order valence-corrected chi connectivity index (χ4v) is 8.01. The summed E-state index contributed by atoms with van der Waals surface area (Å²) in [5.41, 5.74) is 43.3. The number of nitro groups is 3. The van der Waals surface area contributed by atoms with Crippen LogP contribution in [-0.4, -0.2) is 119 Å². The van der Waals surface area contributed by atoms with Crippen LogP contribution in [0.25, 0.3) is 52.2 Å². The molecule has 3 aliphatic rings. The zero-order valence-corrected chi connectivity index (χ0v) is 48.0. The summed E-state index contributed by atoms with van der Waals surface area (Å²) in [6.07, 6.45) is 7.03. The second-order valence-corrected chi connectivity index (χ2v) is 19.9. The molecule has 1 unspecified atom stereocenters. The van der Waals surface area contributed by atoms with Crippen LogP contribution in [0.15, 0.2) is 148 Å². The summed E-state index contributed by atoms with van der Waals surface area (Å²) in [5.74, 6) is -1.05. The Hall–Kier alpha value is -10.9. The molecule has 87 heavy (non-hydrogen) atoms. The number of aryl methyl sites for hydroxylation is 2. The predicted octanol–water partition coefficient (Wildman–Crippen LogP) is 13.2. The minimum Gasteiger partial charge on any atom is -0.371 e. The fourth-order valence-electron chi connectivity index (χ4n) is 7.34. The van der Waals surface area contributed by atoms with Crippen LogP contribution in [0.3, 0.4) is 0 Å². The third kappa shape index (κ3) is 24.5. The molecule has 4 heterocycles. The van der Waals surface area contributed by atoms with E-state index in [9.17, 15) is 38.8 Å². The molecule has 8 rings (SSSR count). The van der Waals surface area contributed by atoms with Gasteiger partial charge in [-0.3, -0.25) is 40.4 Å². The van der Waals surface area contributed by atoms with Crippen molar-refractivity contribution in [2.45, 2.75) is 82.5 Å². The van der Waals surface area contributed by atoms with Crippen LogP contribution in [0.2, 0.25) is 0 Å². The van der Waals surface area contributed by atoms with E-state index < -0.39 is 43.6 Å². The van der Waals surface area contributed by atoms with Crippen molar-refractivity contribution < 1.29 is 32.7 Å². The summed E-state index contributed by atoms with van der Waals surface area (Å²) in [5, 5.41) is 65.2. The number of anilines is 1. The lowest BCUT2D eigenvalue weighted by Crippen LogP contribution is -2.53. The number of piperidine rings is 2. The number of sulfonamides is 1. The van der Waals surface area contributed by atoms with Crippen molar-refractivity contribution in [2.75, 3.05) is 64.0 Å². The van der Waals surface area contributed by atoms with E-state index >= 15 is 0 Å². The Morgan fingerprint density at radius 3 is 1.67 bits per heavy atom. The lowest BCUT2D eigenvalue weighted by molar-refractivity contribution is -0.795. The molecule has 39 heteroatoms. The Morgan fingerprint density at radius 1 is 0.690 bits per heavy atom. The van der Waals surface area contributed by atoms with Crippen molar-refractivity contribution in [3.8, 4) is 0 Å². The Labute approximate surface area is 495 Å². The van der Waals surface area contributed by atoms with E-state index in [1.807, 2.05) is 18.9 Å². The molecule has 0 N–H and O–H groups in total. The molecule has 456 valence electrons. The van der Waals surface area contributed by atoms with Gasteiger partial charge in [0, 0.05) is 80.1 Å². The van der Waals surface area contributed by atoms with Crippen LogP contribution < -0.4 is 4.90 Å². The standard InChI is InChI=1S/C20H26N4.C12H16N4O2.C7H7N3O2S.C6H9N5O6.C3N12/c1-2-23(17-18-9-5-3-6-10-18)20-13-11-19(12-14-20)21-22-24-15-7-4-8-16-24;1-10-5-6-11(12(9-10)16(17)18)13-14-15-7-3-2-4-8-15;1-6-2-4-7(5-3-6)13(11,12)10-9-8;7-9-8-3-6(10(12)13,11(14)15)4-16-1-5-2-17-5;4-13-10-1-7-2(11-14-5)9-3(8-1)12-15-6/h3,5-6,9-14H,2,4,7-8,15-17H2,1H3;5-6,9H,2-4,7-8H2,1H3;2-5H,1H3;5H,1-4H2;. The first-order valence-electron chi connectivity index (χ1n) is 26.2. The van der Waals surface area contributed by atoms with E-state index in [0.717, 1.165) is 68.9 Å². The maximum atomic E-state index is 11.1. The summed E-state index contributed by atoms with van der Waals surface area (Å²) < 4.78 is 34.6. The van der Waals surface area contributed by atoms with E-state index in [0.29, 0.717) is 12.3 Å². The van der Waals surface area contributed by atoms with Crippen molar-refractivity contribution >= 4 is 50.6 Å². The van der Waals surface area contributed by atoms with E-state index in [1.165, 1.54) is 55.1 Å². The average molecular weight is 1220 g/mol. The number of azide groups is 5. The second-order valence-electron chi connectivity index (χ2n) is 18.3. The molecule has 3 fully saturated rings. The summed E-state index contributed by atoms with van der Waals surface area (Å²) in [7, 11) is -3.82. The van der Waals surface area contributed by atoms with Crippen LogP contribution in [0.4, 0.5) is 40.6 Å². The Kier molecular flexibility index (Phi) is 28.9. The summed E-state index contributed by atoms with van der Waals surface area (Å²) in [6.45, 7) is 10.4. The molecule has 1 aromatic heterocycles. The minimum absolute atomic E-state index is 0.00996. The smallest absolute Gasteiger partial charge is 0.371 e. The molecule has 5 aromatic rings. The van der Waals surface area contributed by atoms with Gasteiger partial charge in [-0.2, -0.15) is 0 Å². The average Bonchev–Trinajstić information content (AvgIpc) is 4.53. The van der Waals surface area contributed by atoms with Crippen molar-refractivity contribution in [1.29, 1.82) is 0 Å². The van der Waals surface area contributed by atoms with Gasteiger partial charge in [0.15, 0.2) is 18.8 Å². The third-order valence-corrected chi connectivity index (χ3v) is 13.1. The molecule has 38 nitrogen and oxygen atoms in total. The highest BCUT2D eigenvalue weighted by molar-refractivity contribution is 7.90. The van der Waals surface area contributed by atoms with Gasteiger partial charge in [-0.05, 0) is 156 Å². The van der Waals surface area contributed by atoms with E-state index in [4.69, 9.17) is 37.1 Å². The predicted molar refractivity (Wildman–Crippen MR) is 312 cm³/mol. The lowest BCUT2D eigenvalue weighted by Gasteiger charge is -2.23. The first kappa shape index (κ1) is 68.6. The van der Waals surface area contributed by atoms with Crippen LogP contribution in [0.5, 0.6) is 0 Å². The molecule has 3 aliphatic heterocycles. The molecule has 0 bridgehead atoms. The van der Waals surface area contributed by atoms with Gasteiger partial charge >= 0.3 is 5.66 Å². The molecular formula is C48H58N28O10S. The number of epoxide rings is 1. The van der Waals surface area contributed by atoms with Gasteiger partial charge in [0.1, 0.15) is 16.0 Å². The monoisotopic (exact) mass is 1220 g/mol. The molecule has 0 aliphatic carbocycles. The van der Waals surface area contributed by atoms with Gasteiger partial charge in [0.05, 0.1) is 28.7 Å². The zero-order valence-electron chi connectivity index (χ0n) is 47.1. The third-order valence-electron chi connectivity index (χ3n) is 11.9. The summed E-state index contributed by atoms with van der Waals surface area (Å²) in [4.78, 5) is 54.2. The normalized spacial score (nSPS) is 14.0. The van der Waals surface area contributed by atoms with Gasteiger partial charge in [-0.15, -0.1) is 10.2 Å². The topological polar surface area (TPSA) is 527 Å². The van der Waals surface area contributed by atoms with E-state index in [2.05, 4.69) is 157 Å². The van der Waals surface area contributed by atoms with Crippen molar-refractivity contribution in [1.82, 2.24) is 25.0 Å². The SMILES string of the molecule is CCN(Cc1ccccc1)c1ccc(N=NN2CCCCC2)cc1.Cc1ccc(N=NN2CCCCC2)c([N+](=O)[O-])c1.Cc1ccc(S(=O)(=O)N=[N+]=[N-])cc1.[N-]=[N+]=NCC(COCC1CO1)([N+](=O)[O-])[N+](=O)[O-].[N-]=[N+]=Nc1nc(N=[N+]=[N-])nc(N=[N+]=[N-])n1. The summed E-state index contributed by atoms with van der Waals surface area (Å²) in [6, 6.07) is 30.0. The maximum Gasteiger partial charge on any atom is 0.486 e. The first-order chi connectivity index (χ1) is 41.9. The quantitative estimate of drug-likeness (QED) is 0.0118. The molecule has 3 saturated heterocycles.